The average molecular weight is 607 g/mol. The molecule has 1 unspecified atom stereocenters. The number of nitrogens with one attached hydrogen (secondary N) is 2. The van der Waals surface area contributed by atoms with Crippen LogP contribution in [0.5, 0.6) is 0 Å². The highest BCUT2D eigenvalue weighted by Crippen LogP contribution is 2.39. The van der Waals surface area contributed by atoms with E-state index in [1.807, 2.05) is 35.0 Å². The Balaban J connectivity index is 0.000000465. The van der Waals surface area contributed by atoms with E-state index in [-0.39, 0.29) is 11.8 Å². The number of hydrogen-bond donors (Lipinski definition) is 4. The van der Waals surface area contributed by atoms with E-state index in [4.69, 9.17) is 10.8 Å². The molecule has 1 atom stereocenters. The number of amides is 2. The number of carbonyl (C=O) groups excluding carboxylic acids is 2. The van der Waals surface area contributed by atoms with Crippen LogP contribution in [-0.2, 0) is 6.54 Å². The predicted molar refractivity (Wildman–Crippen MR) is 174 cm³/mol. The van der Waals surface area contributed by atoms with Gasteiger partial charge in [0.25, 0.3) is 11.8 Å². The topological polar surface area (TPSA) is 134 Å². The molecule has 3 heterocycles. The summed E-state index contributed by atoms with van der Waals surface area (Å²) >= 11 is 2.98. The third-order valence-corrected chi connectivity index (χ3v) is 8.22. The van der Waals surface area contributed by atoms with Gasteiger partial charge >= 0.3 is 0 Å². The number of aromatic nitrogens is 2. The number of allylic oxidation sites excluding steroid dienone is 2. The van der Waals surface area contributed by atoms with E-state index < -0.39 is 0 Å². The number of pyridine rings is 1. The first-order chi connectivity index (χ1) is 20.4. The van der Waals surface area contributed by atoms with Crippen molar-refractivity contribution in [2.45, 2.75) is 38.1 Å². The minimum absolute atomic E-state index is 0.276. The van der Waals surface area contributed by atoms with Crippen molar-refractivity contribution in [3.05, 3.63) is 81.8 Å². The van der Waals surface area contributed by atoms with Gasteiger partial charge < -0.3 is 21.5 Å². The largest absolute Gasteiger partial charge is 0.400 e. The SMILES string of the molecule is C/C=C1/CC1CC.C=Nc1ccc(CNC(=O)c2cccn3c(C(=O)NC)c(-c4ccsc4)nc23)cc1SCN.CO. The van der Waals surface area contributed by atoms with Gasteiger partial charge in [0.05, 0.1) is 11.3 Å². The Hall–Kier alpha value is -3.77. The van der Waals surface area contributed by atoms with Gasteiger partial charge in [0.2, 0.25) is 0 Å². The van der Waals surface area contributed by atoms with Crippen LogP contribution in [0.4, 0.5) is 5.69 Å². The number of thioether (sulfide) groups is 1. The number of nitrogens with zero attached hydrogens (tertiary/aromatic N) is 3. The van der Waals surface area contributed by atoms with Crippen molar-refractivity contribution < 1.29 is 14.7 Å². The molecule has 1 saturated carbocycles. The molecule has 1 aromatic carbocycles. The minimum atomic E-state index is -0.287. The molecular weight excluding hydrogens is 569 g/mol. The number of fused-ring (bicyclic) bond motifs is 1. The maximum atomic E-state index is 13.1. The Morgan fingerprint density at radius 2 is 2.07 bits per heavy atom. The van der Waals surface area contributed by atoms with Crippen LogP contribution in [0.3, 0.4) is 0 Å². The van der Waals surface area contributed by atoms with Crippen LogP contribution in [0.1, 0.15) is 53.1 Å². The zero-order valence-corrected chi connectivity index (χ0v) is 26.0. The molecule has 0 saturated heterocycles. The number of aliphatic hydroxyl groups is 1. The summed E-state index contributed by atoms with van der Waals surface area (Å²) in [5, 5.41) is 16.5. The molecule has 1 aliphatic carbocycles. The minimum Gasteiger partial charge on any atom is -0.400 e. The van der Waals surface area contributed by atoms with Crippen molar-refractivity contribution in [1.29, 1.82) is 0 Å². The first-order valence-corrected chi connectivity index (χ1v) is 15.4. The average Bonchev–Trinajstić information content (AvgIpc) is 3.39. The third-order valence-electron chi connectivity index (χ3n) is 6.73. The van der Waals surface area contributed by atoms with E-state index in [9.17, 15) is 9.59 Å². The standard InChI is InChI=1S/C23H22N6O2S2.C7H12.CH4O/c1-25-17-6-5-14(10-18(17)33-13-24)11-27-22(30)16-4-3-8-29-20(23(31)26-2)19(28-21(16)29)15-7-9-32-12-15;1-3-6-5-7(6)4-2;1-2/h3-10,12H,1,11,13,24H2,2H3,(H,26,31)(H,27,30);3,7H,4-5H2,1-2H3;2H,1H3/b;6-3-;. The number of imidazole rings is 1. The summed E-state index contributed by atoms with van der Waals surface area (Å²) in [5.74, 6) is 0.831. The van der Waals surface area contributed by atoms with Crippen LogP contribution in [0.2, 0.25) is 0 Å². The maximum Gasteiger partial charge on any atom is 0.270 e. The molecule has 2 amide bonds. The molecule has 5 rings (SSSR count). The molecule has 0 radical (unpaired) electrons. The van der Waals surface area contributed by atoms with Gasteiger partial charge in [0.1, 0.15) is 11.4 Å². The second kappa shape index (κ2) is 16.0. The number of aliphatic hydroxyl groups excluding tert-OH is 1. The third kappa shape index (κ3) is 7.74. The monoisotopic (exact) mass is 606 g/mol. The molecule has 0 bridgehead atoms. The van der Waals surface area contributed by atoms with Crippen LogP contribution >= 0.6 is 23.1 Å². The number of rotatable bonds is 9. The molecule has 1 fully saturated rings. The van der Waals surface area contributed by atoms with Crippen LogP contribution in [0.15, 0.2) is 74.9 Å². The Morgan fingerprint density at radius 3 is 2.64 bits per heavy atom. The van der Waals surface area contributed by atoms with Gasteiger partial charge in [-0.05, 0) is 73.7 Å². The number of aliphatic imine (C=N–C) groups is 1. The van der Waals surface area contributed by atoms with Crippen LogP contribution in [0, 0.1) is 5.92 Å². The van der Waals surface area contributed by atoms with Gasteiger partial charge in [-0.15, -0.1) is 11.8 Å². The zero-order chi connectivity index (χ0) is 30.6. The first kappa shape index (κ1) is 32.7. The fourth-order valence-electron chi connectivity index (χ4n) is 4.45. The van der Waals surface area contributed by atoms with Crippen LogP contribution in [-0.4, -0.2) is 53.1 Å². The Morgan fingerprint density at radius 1 is 1.29 bits per heavy atom. The highest BCUT2D eigenvalue weighted by molar-refractivity contribution is 7.99. The van der Waals surface area contributed by atoms with Gasteiger partial charge in [-0.2, -0.15) is 11.3 Å². The van der Waals surface area contributed by atoms with Crippen LogP contribution < -0.4 is 16.4 Å². The summed E-state index contributed by atoms with van der Waals surface area (Å²) in [6, 6.07) is 11.0. The van der Waals surface area contributed by atoms with Crippen molar-refractivity contribution in [2.24, 2.45) is 16.6 Å². The molecule has 42 heavy (non-hydrogen) atoms. The van der Waals surface area contributed by atoms with Gasteiger partial charge in [-0.3, -0.25) is 19.0 Å². The smallest absolute Gasteiger partial charge is 0.270 e. The van der Waals surface area contributed by atoms with Crippen molar-refractivity contribution in [3.63, 3.8) is 0 Å². The summed E-state index contributed by atoms with van der Waals surface area (Å²) < 4.78 is 1.65. The molecule has 0 spiro atoms. The molecule has 4 aromatic rings. The van der Waals surface area contributed by atoms with E-state index in [2.05, 4.69) is 47.3 Å². The first-order valence-electron chi connectivity index (χ1n) is 13.5. The van der Waals surface area contributed by atoms with Gasteiger partial charge in [0.15, 0.2) is 5.65 Å². The lowest BCUT2D eigenvalue weighted by Gasteiger charge is -2.10. The summed E-state index contributed by atoms with van der Waals surface area (Å²) in [4.78, 5) is 35.3. The molecule has 5 N–H and O–H groups in total. The van der Waals surface area contributed by atoms with Gasteiger partial charge in [0, 0.05) is 48.6 Å². The summed E-state index contributed by atoms with van der Waals surface area (Å²) in [6.45, 7) is 8.28. The predicted octanol–water partition coefficient (Wildman–Crippen LogP) is 5.66. The second-order valence-corrected chi connectivity index (χ2v) is 11.0. The van der Waals surface area contributed by atoms with Gasteiger partial charge in [-0.1, -0.05) is 24.6 Å². The number of thiophene rings is 1. The van der Waals surface area contributed by atoms with E-state index in [0.717, 1.165) is 34.7 Å². The van der Waals surface area contributed by atoms with E-state index in [1.165, 1.54) is 35.9 Å². The lowest BCUT2D eigenvalue weighted by atomic mass is 10.2. The molecular formula is C31H38N6O3S2. The quantitative estimate of drug-likeness (QED) is 0.0840. The number of hydrogen-bond acceptors (Lipinski definition) is 8. The zero-order valence-electron chi connectivity index (χ0n) is 24.4. The Kier molecular flexibility index (Phi) is 12.5. The fourth-order valence-corrected chi connectivity index (χ4v) is 5.78. The molecule has 222 valence electrons. The lowest BCUT2D eigenvalue weighted by Crippen LogP contribution is -2.24. The highest BCUT2D eigenvalue weighted by atomic mass is 32.2. The number of carbonyl (C=O) groups is 2. The fraction of sp³-hybridized carbons (Fsp3) is 0.290. The highest BCUT2D eigenvalue weighted by Gasteiger charge is 2.25. The van der Waals surface area contributed by atoms with Crippen molar-refractivity contribution >= 4 is 53.0 Å². The lowest BCUT2D eigenvalue weighted by molar-refractivity contribution is 0.0944. The van der Waals surface area contributed by atoms with E-state index >= 15 is 0 Å². The Labute approximate surface area is 255 Å². The Bertz CT molecular complexity index is 1550. The molecule has 0 aliphatic heterocycles. The summed E-state index contributed by atoms with van der Waals surface area (Å²) in [5.41, 5.74) is 11.5. The second-order valence-electron chi connectivity index (χ2n) is 9.14. The van der Waals surface area contributed by atoms with Crippen molar-refractivity contribution in [1.82, 2.24) is 20.0 Å². The van der Waals surface area contributed by atoms with Gasteiger partial charge in [-0.25, -0.2) is 4.98 Å². The molecule has 9 nitrogen and oxygen atoms in total. The molecule has 11 heteroatoms. The normalized spacial score (nSPS) is 14.3. The number of benzene rings is 1. The van der Waals surface area contributed by atoms with Crippen LogP contribution in [0.25, 0.3) is 16.9 Å². The maximum absolute atomic E-state index is 13.1. The van der Waals surface area contributed by atoms with E-state index in [0.29, 0.717) is 35.0 Å². The molecule has 1 aliphatic rings. The summed E-state index contributed by atoms with van der Waals surface area (Å²) in [7, 11) is 2.57. The summed E-state index contributed by atoms with van der Waals surface area (Å²) in [6.07, 6.45) is 6.71. The van der Waals surface area contributed by atoms with Crippen molar-refractivity contribution in [3.8, 4) is 11.3 Å². The molecule has 3 aromatic heterocycles. The number of nitrogens with two attached hydrogens (primary N) is 1. The van der Waals surface area contributed by atoms with E-state index in [1.54, 1.807) is 35.4 Å². The van der Waals surface area contributed by atoms with Crippen molar-refractivity contribution in [2.75, 3.05) is 20.0 Å².